The molecule has 2 heterocycles. The van der Waals surface area contributed by atoms with Crippen LogP contribution in [0.4, 0.5) is 0 Å². The van der Waals surface area contributed by atoms with Gasteiger partial charge in [-0.1, -0.05) is 41.6 Å². The van der Waals surface area contributed by atoms with Gasteiger partial charge in [-0.05, 0) is 42.0 Å². The molecule has 0 amide bonds. The Hall–Kier alpha value is -3.82. The van der Waals surface area contributed by atoms with Crippen molar-refractivity contribution in [3.05, 3.63) is 88.3 Å². The minimum absolute atomic E-state index is 0.0231. The molecule has 36 heavy (non-hydrogen) atoms. The van der Waals surface area contributed by atoms with Gasteiger partial charge in [-0.25, -0.2) is 9.78 Å². The lowest BCUT2D eigenvalue weighted by atomic mass is 10.1. The van der Waals surface area contributed by atoms with Gasteiger partial charge in [-0.15, -0.1) is 0 Å². The van der Waals surface area contributed by atoms with E-state index in [0.717, 1.165) is 4.90 Å². The van der Waals surface area contributed by atoms with Crippen LogP contribution in [0.1, 0.15) is 27.4 Å². The molecule has 8 nitrogen and oxygen atoms in total. The predicted octanol–water partition coefficient (Wildman–Crippen LogP) is 5.47. The quantitative estimate of drug-likeness (QED) is 0.313. The molecule has 0 atom stereocenters. The first-order chi connectivity index (χ1) is 17.4. The Kier molecular flexibility index (Phi) is 6.67. The number of para-hydroxylation sites is 1. The lowest BCUT2D eigenvalue weighted by Crippen LogP contribution is -2.14. The molecule has 0 spiro atoms. The summed E-state index contributed by atoms with van der Waals surface area (Å²) in [6.45, 7) is 0.234. The van der Waals surface area contributed by atoms with E-state index in [1.165, 1.54) is 11.8 Å². The molecule has 0 saturated heterocycles. The fraction of sp³-hybridized carbons (Fsp3) is 0.154. The zero-order valence-corrected chi connectivity index (χ0v) is 20.7. The van der Waals surface area contributed by atoms with Crippen LogP contribution in [0.25, 0.3) is 0 Å². The fourth-order valence-corrected chi connectivity index (χ4v) is 5.05. The summed E-state index contributed by atoms with van der Waals surface area (Å²) in [6, 6.07) is 17.6. The molecule has 0 radical (unpaired) electrons. The summed E-state index contributed by atoms with van der Waals surface area (Å²) < 4.78 is 17.7. The molecule has 0 unspecified atom stereocenters. The molecule has 1 aliphatic heterocycles. The first kappa shape index (κ1) is 23.9. The number of halogens is 1. The van der Waals surface area contributed by atoms with Gasteiger partial charge in [-0.3, -0.25) is 0 Å². The highest BCUT2D eigenvalue weighted by molar-refractivity contribution is 7.99. The zero-order valence-electron chi connectivity index (χ0n) is 19.1. The smallest absolute Gasteiger partial charge is 0.355 e. The summed E-state index contributed by atoms with van der Waals surface area (Å²) >= 11 is 7.76. The van der Waals surface area contributed by atoms with Gasteiger partial charge in [0.05, 0.1) is 13.7 Å². The number of nitrogens with zero attached hydrogens (tertiary/aromatic N) is 2. The number of carboxylic acid groups (broad SMARTS) is 1. The number of imidazole rings is 1. The van der Waals surface area contributed by atoms with Crippen LogP contribution in [0.5, 0.6) is 23.0 Å². The van der Waals surface area contributed by atoms with Gasteiger partial charge in [0.25, 0.3) is 0 Å². The van der Waals surface area contributed by atoms with Gasteiger partial charge in [-0.2, -0.15) is 0 Å². The molecular formula is C26H21ClN2O6S. The number of benzene rings is 3. The Balaban J connectivity index is 1.59. The van der Waals surface area contributed by atoms with Gasteiger partial charge in [0.1, 0.15) is 22.3 Å². The van der Waals surface area contributed by atoms with Crippen LogP contribution < -0.4 is 14.2 Å². The van der Waals surface area contributed by atoms with Crippen LogP contribution in [0.2, 0.25) is 5.02 Å². The molecule has 3 aromatic carbocycles. The summed E-state index contributed by atoms with van der Waals surface area (Å²) in [5, 5.41) is 21.3. The maximum absolute atomic E-state index is 12.5. The highest BCUT2D eigenvalue weighted by Crippen LogP contribution is 2.38. The Morgan fingerprint density at radius 1 is 1.11 bits per heavy atom. The van der Waals surface area contributed by atoms with E-state index in [9.17, 15) is 15.0 Å². The molecule has 1 aliphatic rings. The minimum Gasteiger partial charge on any atom is -0.508 e. The van der Waals surface area contributed by atoms with E-state index >= 15 is 0 Å². The Bertz CT molecular complexity index is 1440. The summed E-state index contributed by atoms with van der Waals surface area (Å²) in [7, 11) is 1.58. The van der Waals surface area contributed by atoms with Crippen molar-refractivity contribution in [1.29, 1.82) is 0 Å². The number of fused-ring (bicyclic) bond motifs is 1. The van der Waals surface area contributed by atoms with E-state index in [0.29, 0.717) is 44.2 Å². The van der Waals surface area contributed by atoms with Crippen molar-refractivity contribution in [1.82, 2.24) is 9.55 Å². The number of phenols is 1. The van der Waals surface area contributed by atoms with E-state index in [1.54, 1.807) is 54.1 Å². The van der Waals surface area contributed by atoms with Crippen molar-refractivity contribution >= 4 is 29.3 Å². The van der Waals surface area contributed by atoms with Crippen molar-refractivity contribution < 1.29 is 29.2 Å². The van der Waals surface area contributed by atoms with Crippen LogP contribution in [-0.4, -0.2) is 39.6 Å². The van der Waals surface area contributed by atoms with Crippen LogP contribution in [0.15, 0.2) is 70.6 Å². The van der Waals surface area contributed by atoms with Crippen LogP contribution in [0, 0.1) is 0 Å². The predicted molar refractivity (Wildman–Crippen MR) is 134 cm³/mol. The van der Waals surface area contributed by atoms with Crippen molar-refractivity contribution in [2.45, 2.75) is 22.9 Å². The van der Waals surface area contributed by atoms with Gasteiger partial charge in [0, 0.05) is 28.0 Å². The number of aromatic hydroxyl groups is 1. The molecule has 0 bridgehead atoms. The molecule has 2 N–H and O–H groups in total. The van der Waals surface area contributed by atoms with Crippen molar-refractivity contribution in [2.24, 2.45) is 0 Å². The zero-order chi connectivity index (χ0) is 25.2. The maximum Gasteiger partial charge on any atom is 0.355 e. The molecule has 184 valence electrons. The van der Waals surface area contributed by atoms with Gasteiger partial charge >= 0.3 is 5.97 Å². The van der Waals surface area contributed by atoms with Crippen LogP contribution in [0.3, 0.4) is 0 Å². The summed E-state index contributed by atoms with van der Waals surface area (Å²) in [4.78, 5) is 18.0. The molecule has 0 saturated carbocycles. The number of ether oxygens (including phenoxy) is 3. The Labute approximate surface area is 216 Å². The largest absolute Gasteiger partial charge is 0.508 e. The second-order valence-electron chi connectivity index (χ2n) is 7.95. The van der Waals surface area contributed by atoms with Crippen LogP contribution >= 0.6 is 23.4 Å². The van der Waals surface area contributed by atoms with Crippen LogP contribution in [-0.2, 0) is 13.0 Å². The van der Waals surface area contributed by atoms with E-state index in [-0.39, 0.29) is 31.2 Å². The normalized spacial score (nSPS) is 12.1. The van der Waals surface area contributed by atoms with Gasteiger partial charge in [0.15, 0.2) is 17.2 Å². The molecule has 0 aliphatic carbocycles. The number of rotatable bonds is 8. The number of aromatic nitrogens is 2. The fourth-order valence-electron chi connectivity index (χ4n) is 3.90. The second kappa shape index (κ2) is 10.0. The van der Waals surface area contributed by atoms with Crippen molar-refractivity contribution in [3.63, 3.8) is 0 Å². The highest BCUT2D eigenvalue weighted by Gasteiger charge is 2.26. The number of phenolic OH excluding ortho intramolecular Hbond substituents is 1. The first-order valence-corrected chi connectivity index (χ1v) is 12.1. The number of hydrogen-bond acceptors (Lipinski definition) is 7. The molecular weight excluding hydrogens is 504 g/mol. The summed E-state index contributed by atoms with van der Waals surface area (Å²) in [6.07, 6.45) is 0.221. The number of hydrogen-bond donors (Lipinski definition) is 2. The van der Waals surface area contributed by atoms with E-state index in [4.69, 9.17) is 30.8 Å². The molecule has 5 rings (SSSR count). The molecule has 4 aromatic rings. The lowest BCUT2D eigenvalue weighted by molar-refractivity contribution is 0.0681. The van der Waals surface area contributed by atoms with Crippen molar-refractivity contribution in [3.8, 4) is 23.0 Å². The number of methoxy groups -OCH3 is 1. The molecule has 0 fully saturated rings. The van der Waals surface area contributed by atoms with E-state index in [1.807, 2.05) is 18.2 Å². The number of aromatic carboxylic acids is 1. The minimum atomic E-state index is -1.13. The number of carboxylic acids is 1. The van der Waals surface area contributed by atoms with Gasteiger partial charge in [0.2, 0.25) is 6.79 Å². The third-order valence-corrected chi connectivity index (χ3v) is 7.04. The molecule has 10 heteroatoms. The first-order valence-electron chi connectivity index (χ1n) is 10.9. The third-order valence-electron chi connectivity index (χ3n) is 5.70. The Morgan fingerprint density at radius 3 is 2.53 bits per heavy atom. The highest BCUT2D eigenvalue weighted by atomic mass is 35.5. The SMILES string of the molecule is COc1ccc(Sc2nc(Cc3ccccc3O)n(Cc3cc4c(cc3Cl)OCO4)c2C(=O)O)cc1. The third kappa shape index (κ3) is 4.80. The standard InChI is InChI=1S/C26H21ClN2O6S/c1-33-17-6-8-18(9-7-17)36-25-24(26(31)32)29(23(28-25)11-15-4-2-3-5-20(15)30)13-16-10-21-22(12-19(16)27)35-14-34-21/h2-10,12,30H,11,13-14H2,1H3,(H,31,32). The Morgan fingerprint density at radius 2 is 1.83 bits per heavy atom. The summed E-state index contributed by atoms with van der Waals surface area (Å²) in [5.74, 6) is 1.23. The average Bonchev–Trinajstić information content (AvgIpc) is 3.45. The second-order valence-corrected chi connectivity index (χ2v) is 9.42. The molecule has 1 aromatic heterocycles. The van der Waals surface area contributed by atoms with E-state index in [2.05, 4.69) is 0 Å². The lowest BCUT2D eigenvalue weighted by Gasteiger charge is -2.13. The van der Waals surface area contributed by atoms with Crippen molar-refractivity contribution in [2.75, 3.05) is 13.9 Å². The average molecular weight is 525 g/mol. The summed E-state index contributed by atoms with van der Waals surface area (Å²) in [5.41, 5.74) is 1.30. The van der Waals surface area contributed by atoms with E-state index < -0.39 is 5.97 Å². The topological polar surface area (TPSA) is 103 Å². The van der Waals surface area contributed by atoms with Gasteiger partial charge < -0.3 is 29.0 Å². The monoisotopic (exact) mass is 524 g/mol. The number of carbonyl (C=O) groups is 1. The maximum atomic E-state index is 12.5.